The number of carboxylic acids is 2. The molecular formula is C20H24ClNO5. The Bertz CT molecular complexity index is 738. The van der Waals surface area contributed by atoms with Crippen LogP contribution in [0.2, 0.25) is 5.02 Å². The van der Waals surface area contributed by atoms with Crippen LogP contribution in [0.5, 0.6) is 5.75 Å². The molecule has 0 bridgehead atoms. The average molecular weight is 394 g/mol. The lowest BCUT2D eigenvalue weighted by Gasteiger charge is -2.12. The first kappa shape index (κ1) is 22.5. The summed E-state index contributed by atoms with van der Waals surface area (Å²) in [7, 11) is 0. The van der Waals surface area contributed by atoms with Gasteiger partial charge in [0.1, 0.15) is 5.75 Å². The highest BCUT2D eigenvalue weighted by molar-refractivity contribution is 6.31. The fraction of sp³-hybridized carbons (Fsp3) is 0.300. The standard InChI is InChI=1S/C18H22ClNO.C2H2O4/c1-14-15(2)18(10-9-17(14)19)21-12-6-11-20-13-16-7-4-3-5-8-16;3-1(4)2(5)6/h3-5,7-10,20H,6,11-13H2,1-2H3;(H,3,4)(H,5,6). The number of carboxylic acid groups (broad SMARTS) is 2. The highest BCUT2D eigenvalue weighted by atomic mass is 35.5. The summed E-state index contributed by atoms with van der Waals surface area (Å²) in [6.45, 7) is 6.63. The second-order valence-electron chi connectivity index (χ2n) is 5.77. The van der Waals surface area contributed by atoms with Crippen molar-refractivity contribution in [2.24, 2.45) is 0 Å². The van der Waals surface area contributed by atoms with E-state index in [0.29, 0.717) is 6.61 Å². The van der Waals surface area contributed by atoms with Gasteiger partial charge in [0.15, 0.2) is 0 Å². The molecule has 0 aliphatic carbocycles. The molecule has 0 saturated heterocycles. The Labute approximate surface area is 163 Å². The predicted octanol–water partition coefficient (Wildman–Crippen LogP) is 3.67. The molecule has 2 aromatic rings. The number of benzene rings is 2. The smallest absolute Gasteiger partial charge is 0.414 e. The monoisotopic (exact) mass is 393 g/mol. The van der Waals surface area contributed by atoms with Gasteiger partial charge in [0, 0.05) is 11.6 Å². The van der Waals surface area contributed by atoms with Gasteiger partial charge < -0.3 is 20.3 Å². The van der Waals surface area contributed by atoms with Gasteiger partial charge in [-0.3, -0.25) is 0 Å². The molecule has 0 atom stereocenters. The van der Waals surface area contributed by atoms with Crippen molar-refractivity contribution in [3.63, 3.8) is 0 Å². The van der Waals surface area contributed by atoms with Crippen molar-refractivity contribution < 1.29 is 24.5 Å². The van der Waals surface area contributed by atoms with Gasteiger partial charge in [-0.2, -0.15) is 0 Å². The Kier molecular flexibility index (Phi) is 9.93. The third-order valence-corrected chi connectivity index (χ3v) is 4.19. The largest absolute Gasteiger partial charge is 0.493 e. The average Bonchev–Trinajstić information content (AvgIpc) is 2.65. The van der Waals surface area contributed by atoms with E-state index in [2.05, 4.69) is 29.6 Å². The summed E-state index contributed by atoms with van der Waals surface area (Å²) in [4.78, 5) is 18.2. The fourth-order valence-corrected chi connectivity index (χ4v) is 2.33. The van der Waals surface area contributed by atoms with Crippen LogP contribution in [0.4, 0.5) is 0 Å². The number of ether oxygens (including phenoxy) is 1. The summed E-state index contributed by atoms with van der Waals surface area (Å²) in [5, 5.41) is 19.0. The molecule has 0 saturated carbocycles. The Balaban J connectivity index is 0.000000527. The third kappa shape index (κ3) is 8.57. The molecule has 0 aliphatic rings. The second kappa shape index (κ2) is 11.9. The van der Waals surface area contributed by atoms with Crippen molar-refractivity contribution in [2.75, 3.05) is 13.2 Å². The molecule has 0 radical (unpaired) electrons. The fourth-order valence-electron chi connectivity index (χ4n) is 2.13. The van der Waals surface area contributed by atoms with Crippen LogP contribution in [-0.2, 0) is 16.1 Å². The van der Waals surface area contributed by atoms with Crippen molar-refractivity contribution in [1.29, 1.82) is 0 Å². The van der Waals surface area contributed by atoms with Crippen molar-refractivity contribution in [1.82, 2.24) is 5.32 Å². The Morgan fingerprint density at radius 3 is 2.22 bits per heavy atom. The van der Waals surface area contributed by atoms with Gasteiger partial charge in [0.2, 0.25) is 0 Å². The van der Waals surface area contributed by atoms with Crippen molar-refractivity contribution in [2.45, 2.75) is 26.8 Å². The summed E-state index contributed by atoms with van der Waals surface area (Å²) in [6.07, 6.45) is 0.980. The first-order valence-corrected chi connectivity index (χ1v) is 8.80. The number of halogens is 1. The van der Waals surface area contributed by atoms with Crippen LogP contribution in [0.3, 0.4) is 0 Å². The first-order valence-electron chi connectivity index (χ1n) is 8.42. The van der Waals surface area contributed by atoms with Crippen LogP contribution < -0.4 is 10.1 Å². The lowest BCUT2D eigenvalue weighted by Crippen LogP contribution is -2.17. The van der Waals surface area contributed by atoms with Crippen LogP contribution in [-0.4, -0.2) is 35.3 Å². The Hall–Kier alpha value is -2.57. The van der Waals surface area contributed by atoms with Crippen LogP contribution in [0.1, 0.15) is 23.1 Å². The molecule has 2 aromatic carbocycles. The summed E-state index contributed by atoms with van der Waals surface area (Å²) in [5.41, 5.74) is 3.53. The van der Waals surface area contributed by atoms with E-state index in [-0.39, 0.29) is 0 Å². The Morgan fingerprint density at radius 1 is 1.00 bits per heavy atom. The summed E-state index contributed by atoms with van der Waals surface area (Å²) >= 11 is 6.08. The molecule has 0 heterocycles. The summed E-state index contributed by atoms with van der Waals surface area (Å²) in [6, 6.07) is 14.3. The molecule has 0 aromatic heterocycles. The second-order valence-corrected chi connectivity index (χ2v) is 6.18. The molecule has 0 spiro atoms. The third-order valence-electron chi connectivity index (χ3n) is 3.78. The van der Waals surface area contributed by atoms with E-state index in [9.17, 15) is 0 Å². The van der Waals surface area contributed by atoms with Gasteiger partial charge >= 0.3 is 11.9 Å². The van der Waals surface area contributed by atoms with E-state index in [1.807, 2.05) is 32.0 Å². The maximum absolute atomic E-state index is 9.10. The quantitative estimate of drug-likeness (QED) is 0.490. The minimum atomic E-state index is -1.82. The number of carbonyl (C=O) groups is 2. The molecule has 0 unspecified atom stereocenters. The van der Waals surface area contributed by atoms with Gasteiger partial charge in [-0.25, -0.2) is 9.59 Å². The van der Waals surface area contributed by atoms with Crippen LogP contribution in [0.15, 0.2) is 42.5 Å². The van der Waals surface area contributed by atoms with E-state index >= 15 is 0 Å². The van der Waals surface area contributed by atoms with Crippen molar-refractivity contribution in [3.8, 4) is 5.75 Å². The molecule has 0 aliphatic heterocycles. The van der Waals surface area contributed by atoms with Gasteiger partial charge in [0.05, 0.1) is 6.61 Å². The number of hydrogen-bond donors (Lipinski definition) is 3. The molecular weight excluding hydrogens is 370 g/mol. The topological polar surface area (TPSA) is 95.9 Å². The normalized spacial score (nSPS) is 9.89. The maximum Gasteiger partial charge on any atom is 0.414 e. The SMILES string of the molecule is Cc1c(Cl)ccc(OCCCNCc2ccccc2)c1C.O=C(O)C(=O)O. The Morgan fingerprint density at radius 2 is 1.63 bits per heavy atom. The minimum Gasteiger partial charge on any atom is -0.493 e. The van der Waals surface area contributed by atoms with Gasteiger partial charge in [-0.05, 0) is 55.6 Å². The lowest BCUT2D eigenvalue weighted by molar-refractivity contribution is -0.159. The molecule has 2 rings (SSSR count). The summed E-state index contributed by atoms with van der Waals surface area (Å²) < 4.78 is 5.83. The lowest BCUT2D eigenvalue weighted by atomic mass is 10.1. The zero-order valence-corrected chi connectivity index (χ0v) is 16.1. The van der Waals surface area contributed by atoms with E-state index in [1.54, 1.807) is 0 Å². The van der Waals surface area contributed by atoms with Gasteiger partial charge in [-0.1, -0.05) is 41.9 Å². The molecule has 6 nitrogen and oxygen atoms in total. The zero-order chi connectivity index (χ0) is 20.2. The van der Waals surface area contributed by atoms with E-state index in [1.165, 1.54) is 5.56 Å². The van der Waals surface area contributed by atoms with E-state index < -0.39 is 11.9 Å². The van der Waals surface area contributed by atoms with Crippen LogP contribution >= 0.6 is 11.6 Å². The number of rotatable bonds is 7. The molecule has 0 fully saturated rings. The number of aliphatic carboxylic acids is 2. The van der Waals surface area contributed by atoms with Gasteiger partial charge in [0.25, 0.3) is 0 Å². The van der Waals surface area contributed by atoms with Crippen LogP contribution in [0, 0.1) is 13.8 Å². The molecule has 146 valence electrons. The van der Waals surface area contributed by atoms with Crippen molar-refractivity contribution in [3.05, 3.63) is 64.2 Å². The number of nitrogens with one attached hydrogen (secondary N) is 1. The van der Waals surface area contributed by atoms with Crippen LogP contribution in [0.25, 0.3) is 0 Å². The predicted molar refractivity (Wildman–Crippen MR) is 104 cm³/mol. The van der Waals surface area contributed by atoms with E-state index in [0.717, 1.165) is 41.4 Å². The minimum absolute atomic E-state index is 0.712. The zero-order valence-electron chi connectivity index (χ0n) is 15.4. The molecule has 0 amide bonds. The first-order chi connectivity index (χ1) is 12.8. The van der Waals surface area contributed by atoms with Gasteiger partial charge in [-0.15, -0.1) is 0 Å². The molecule has 7 heteroatoms. The maximum atomic E-state index is 9.10. The number of hydrogen-bond acceptors (Lipinski definition) is 4. The molecule has 27 heavy (non-hydrogen) atoms. The van der Waals surface area contributed by atoms with Crippen molar-refractivity contribution >= 4 is 23.5 Å². The highest BCUT2D eigenvalue weighted by Crippen LogP contribution is 2.27. The summed E-state index contributed by atoms with van der Waals surface area (Å²) in [5.74, 6) is -2.72. The van der Waals surface area contributed by atoms with E-state index in [4.69, 9.17) is 36.1 Å². The highest BCUT2D eigenvalue weighted by Gasteiger charge is 2.05. The molecule has 3 N–H and O–H groups in total.